The van der Waals surface area contributed by atoms with E-state index in [9.17, 15) is 0 Å². The Morgan fingerprint density at radius 2 is 1.56 bits per heavy atom. The van der Waals surface area contributed by atoms with Gasteiger partial charge >= 0.3 is 0 Å². The van der Waals surface area contributed by atoms with Gasteiger partial charge in [-0.2, -0.15) is 0 Å². The Kier molecular flexibility index (Phi) is 3.72. The lowest BCUT2D eigenvalue weighted by atomic mass is 10.3. The summed E-state index contributed by atoms with van der Waals surface area (Å²) in [5, 5.41) is 0. The highest BCUT2D eigenvalue weighted by Crippen LogP contribution is 2.09. The summed E-state index contributed by atoms with van der Waals surface area (Å²) in [4.78, 5) is 3.95. The molecule has 0 aliphatic carbocycles. The van der Waals surface area contributed by atoms with Gasteiger partial charge in [-0.15, -0.1) is 0 Å². The molecule has 3 heteroatoms. The maximum Gasteiger partial charge on any atom is 0.181 e. The van der Waals surface area contributed by atoms with E-state index in [1.54, 1.807) is 0 Å². The van der Waals surface area contributed by atoms with Crippen molar-refractivity contribution in [1.29, 1.82) is 0 Å². The molecule has 2 aromatic carbocycles. The molecular formula is C13H10BrNO. The van der Waals surface area contributed by atoms with Gasteiger partial charge in [-0.05, 0) is 24.3 Å². The van der Waals surface area contributed by atoms with Crippen molar-refractivity contribution in [3.8, 4) is 0 Å². The summed E-state index contributed by atoms with van der Waals surface area (Å²) in [6.07, 6.45) is 1.45. The van der Waals surface area contributed by atoms with Crippen LogP contribution in [0.25, 0.3) is 11.1 Å². The largest absolute Gasteiger partial charge is 0.443 e. The number of hydrogen-bond acceptors (Lipinski definition) is 2. The Bertz CT molecular complexity index is 518. The third-order valence-corrected chi connectivity index (χ3v) is 2.50. The van der Waals surface area contributed by atoms with Gasteiger partial charge in [0.2, 0.25) is 0 Å². The second kappa shape index (κ2) is 5.47. The zero-order chi connectivity index (χ0) is 11.2. The smallest absolute Gasteiger partial charge is 0.181 e. The van der Waals surface area contributed by atoms with Crippen molar-refractivity contribution >= 4 is 27.0 Å². The first-order chi connectivity index (χ1) is 7.86. The summed E-state index contributed by atoms with van der Waals surface area (Å²) >= 11 is 3.31. The van der Waals surface area contributed by atoms with Crippen molar-refractivity contribution in [1.82, 2.24) is 4.98 Å². The fourth-order valence-electron chi connectivity index (χ4n) is 1.22. The number of halogens is 1. The molecule has 80 valence electrons. The fraction of sp³-hybridized carbons (Fsp3) is 0. The molecule has 0 atom stereocenters. The summed E-state index contributed by atoms with van der Waals surface area (Å²) in [7, 11) is 0. The zero-order valence-electron chi connectivity index (χ0n) is 8.51. The molecule has 0 aliphatic heterocycles. The van der Waals surface area contributed by atoms with Crippen LogP contribution < -0.4 is 0 Å². The van der Waals surface area contributed by atoms with Gasteiger partial charge in [-0.3, -0.25) is 0 Å². The summed E-state index contributed by atoms with van der Waals surface area (Å²) in [5.41, 5.74) is 1.76. The van der Waals surface area contributed by atoms with Crippen LogP contribution >= 0.6 is 15.9 Å². The lowest BCUT2D eigenvalue weighted by Crippen LogP contribution is -1.61. The lowest BCUT2D eigenvalue weighted by Gasteiger charge is -1.80. The zero-order valence-corrected chi connectivity index (χ0v) is 10.1. The van der Waals surface area contributed by atoms with Gasteiger partial charge in [0, 0.05) is 4.47 Å². The molecule has 1 aromatic heterocycles. The summed E-state index contributed by atoms with van der Waals surface area (Å²) in [6.45, 7) is 0. The number of fused-ring (bicyclic) bond motifs is 1. The van der Waals surface area contributed by atoms with Crippen molar-refractivity contribution in [2.75, 3.05) is 0 Å². The predicted molar refractivity (Wildman–Crippen MR) is 68.2 cm³/mol. The van der Waals surface area contributed by atoms with Crippen LogP contribution in [-0.4, -0.2) is 4.98 Å². The van der Waals surface area contributed by atoms with Gasteiger partial charge in [-0.25, -0.2) is 4.98 Å². The van der Waals surface area contributed by atoms with Crippen molar-refractivity contribution in [2.24, 2.45) is 0 Å². The normalized spacial score (nSPS) is 9.56. The van der Waals surface area contributed by atoms with Crippen LogP contribution in [0.1, 0.15) is 0 Å². The van der Waals surface area contributed by atoms with E-state index >= 15 is 0 Å². The summed E-state index contributed by atoms with van der Waals surface area (Å²) < 4.78 is 6.14. The molecule has 0 spiro atoms. The molecule has 16 heavy (non-hydrogen) atoms. The van der Waals surface area contributed by atoms with Crippen LogP contribution in [0.2, 0.25) is 0 Å². The van der Waals surface area contributed by atoms with Crippen LogP contribution in [0.3, 0.4) is 0 Å². The molecular weight excluding hydrogens is 266 g/mol. The van der Waals surface area contributed by atoms with Crippen LogP contribution in [-0.2, 0) is 0 Å². The Hall–Kier alpha value is -1.61. The first-order valence-corrected chi connectivity index (χ1v) is 5.64. The maximum absolute atomic E-state index is 5.01. The topological polar surface area (TPSA) is 26.0 Å². The van der Waals surface area contributed by atoms with Crippen LogP contribution in [0, 0.1) is 0 Å². The van der Waals surface area contributed by atoms with Crippen molar-refractivity contribution in [3.05, 3.63) is 65.5 Å². The Morgan fingerprint density at radius 1 is 0.875 bits per heavy atom. The number of hydrogen-bond donors (Lipinski definition) is 0. The molecule has 0 aliphatic rings. The maximum atomic E-state index is 5.01. The molecule has 1 heterocycles. The van der Waals surface area contributed by atoms with Gasteiger partial charge in [0.05, 0.1) is 0 Å². The third kappa shape index (κ3) is 2.94. The van der Waals surface area contributed by atoms with Gasteiger partial charge < -0.3 is 4.42 Å². The van der Waals surface area contributed by atoms with E-state index < -0.39 is 0 Å². The minimum atomic E-state index is 0.845. The van der Waals surface area contributed by atoms with Crippen molar-refractivity contribution in [3.63, 3.8) is 0 Å². The van der Waals surface area contributed by atoms with Gasteiger partial charge in [-0.1, -0.05) is 46.3 Å². The van der Waals surface area contributed by atoms with Gasteiger partial charge in [0.25, 0.3) is 0 Å². The monoisotopic (exact) mass is 275 g/mol. The number of oxazole rings is 1. The number of nitrogens with zero attached hydrogens (tertiary/aromatic N) is 1. The second-order valence-electron chi connectivity index (χ2n) is 3.12. The molecule has 0 saturated heterocycles. The molecule has 3 rings (SSSR count). The molecule has 0 amide bonds. The molecule has 0 fully saturated rings. The standard InChI is InChI=1S/C7H5NO.C6H5Br/c1-2-4-7-6(3-1)8-5-9-7;7-6-4-2-1-3-5-6/h1-5H;1-5H. The highest BCUT2D eigenvalue weighted by molar-refractivity contribution is 9.10. The Balaban J connectivity index is 0.000000125. The number of benzene rings is 2. The predicted octanol–water partition coefficient (Wildman–Crippen LogP) is 4.28. The molecule has 0 radical (unpaired) electrons. The average molecular weight is 276 g/mol. The highest BCUT2D eigenvalue weighted by atomic mass is 79.9. The van der Waals surface area contributed by atoms with E-state index in [0.717, 1.165) is 15.6 Å². The molecule has 0 saturated carbocycles. The number of para-hydroxylation sites is 2. The average Bonchev–Trinajstić information content (AvgIpc) is 2.79. The highest BCUT2D eigenvalue weighted by Gasteiger charge is 1.91. The molecule has 0 bridgehead atoms. The summed E-state index contributed by atoms with van der Waals surface area (Å²) in [6, 6.07) is 17.6. The molecule has 0 N–H and O–H groups in total. The van der Waals surface area contributed by atoms with E-state index in [2.05, 4.69) is 20.9 Å². The summed E-state index contributed by atoms with van der Waals surface area (Å²) in [5.74, 6) is 0. The van der Waals surface area contributed by atoms with Crippen molar-refractivity contribution < 1.29 is 4.42 Å². The third-order valence-electron chi connectivity index (χ3n) is 1.97. The number of rotatable bonds is 0. The first-order valence-electron chi connectivity index (χ1n) is 4.85. The van der Waals surface area contributed by atoms with E-state index in [1.165, 1.54) is 6.39 Å². The van der Waals surface area contributed by atoms with Gasteiger partial charge in [0.15, 0.2) is 12.0 Å². The van der Waals surface area contributed by atoms with Crippen LogP contribution in [0.5, 0.6) is 0 Å². The SMILES string of the molecule is Brc1ccccc1.c1ccc2ocnc2c1. The fourth-order valence-corrected chi connectivity index (χ4v) is 1.52. The Labute approximate surface area is 102 Å². The molecule has 0 unspecified atom stereocenters. The minimum Gasteiger partial charge on any atom is -0.443 e. The van der Waals surface area contributed by atoms with E-state index in [4.69, 9.17) is 4.42 Å². The van der Waals surface area contributed by atoms with E-state index in [-0.39, 0.29) is 0 Å². The van der Waals surface area contributed by atoms with E-state index in [0.29, 0.717) is 0 Å². The number of aromatic nitrogens is 1. The quantitative estimate of drug-likeness (QED) is 0.612. The van der Waals surface area contributed by atoms with E-state index in [1.807, 2.05) is 54.6 Å². The molecule has 3 aromatic rings. The van der Waals surface area contributed by atoms with Crippen LogP contribution in [0.4, 0.5) is 0 Å². The van der Waals surface area contributed by atoms with Crippen LogP contribution in [0.15, 0.2) is 69.9 Å². The minimum absolute atomic E-state index is 0.845. The first kappa shape index (κ1) is 10.9. The molecule has 2 nitrogen and oxygen atoms in total. The Morgan fingerprint density at radius 3 is 2.19 bits per heavy atom. The van der Waals surface area contributed by atoms with Crippen molar-refractivity contribution in [2.45, 2.75) is 0 Å². The second-order valence-corrected chi connectivity index (χ2v) is 4.03. The lowest BCUT2D eigenvalue weighted by molar-refractivity contribution is 0.602. The van der Waals surface area contributed by atoms with Gasteiger partial charge in [0.1, 0.15) is 5.52 Å².